The summed E-state index contributed by atoms with van der Waals surface area (Å²) in [6.45, 7) is 6.83. The van der Waals surface area contributed by atoms with E-state index in [4.69, 9.17) is 0 Å². The minimum absolute atomic E-state index is 0.133. The summed E-state index contributed by atoms with van der Waals surface area (Å²) < 4.78 is 0. The molecule has 0 heteroatoms. The van der Waals surface area contributed by atoms with Crippen LogP contribution in [0.2, 0.25) is 0 Å². The summed E-state index contributed by atoms with van der Waals surface area (Å²) in [6.07, 6.45) is 6.93. The highest BCUT2D eigenvalue weighted by atomic mass is 14.3. The first-order valence-corrected chi connectivity index (χ1v) is 7.80. The van der Waals surface area contributed by atoms with Gasteiger partial charge in [0.25, 0.3) is 0 Å². The third-order valence-electron chi connectivity index (χ3n) is 3.96. The second kappa shape index (κ2) is 5.81. The molecule has 1 aliphatic rings. The monoisotopic (exact) mass is 286 g/mol. The lowest BCUT2D eigenvalue weighted by Crippen LogP contribution is -2.09. The number of benzene rings is 2. The molecule has 0 N–H and O–H groups in total. The summed E-state index contributed by atoms with van der Waals surface area (Å²) in [5, 5.41) is 0. The molecule has 0 aromatic heterocycles. The van der Waals surface area contributed by atoms with E-state index in [1.54, 1.807) is 0 Å². The van der Waals surface area contributed by atoms with Crippen LogP contribution < -0.4 is 0 Å². The van der Waals surface area contributed by atoms with Gasteiger partial charge in [-0.3, -0.25) is 0 Å². The van der Waals surface area contributed by atoms with Crippen molar-refractivity contribution in [2.24, 2.45) is 5.41 Å². The van der Waals surface area contributed by atoms with Crippen LogP contribution in [0.1, 0.15) is 31.9 Å². The molecular formula is C22H22. The maximum absolute atomic E-state index is 2.34. The summed E-state index contributed by atoms with van der Waals surface area (Å²) in [5.74, 6) is 0. The molecule has 22 heavy (non-hydrogen) atoms. The molecule has 2 aromatic rings. The Labute approximate surface area is 133 Å². The smallest absolute Gasteiger partial charge is 0.0126 e. The van der Waals surface area contributed by atoms with Crippen LogP contribution in [-0.4, -0.2) is 0 Å². The minimum atomic E-state index is 0.133. The molecule has 0 unspecified atom stereocenters. The fourth-order valence-electron chi connectivity index (χ4n) is 2.82. The number of hydrogen-bond donors (Lipinski definition) is 0. The molecule has 0 saturated carbocycles. The fourth-order valence-corrected chi connectivity index (χ4v) is 2.82. The van der Waals surface area contributed by atoms with E-state index in [2.05, 4.69) is 99.7 Å². The van der Waals surface area contributed by atoms with Crippen molar-refractivity contribution < 1.29 is 0 Å². The van der Waals surface area contributed by atoms with Crippen molar-refractivity contribution in [3.8, 4) is 0 Å². The fraction of sp³-hybridized carbons (Fsp3) is 0.182. The Balaban J connectivity index is 2.06. The second-order valence-electron chi connectivity index (χ2n) is 6.78. The highest BCUT2D eigenvalue weighted by Crippen LogP contribution is 2.40. The topological polar surface area (TPSA) is 0 Å². The first-order valence-electron chi connectivity index (χ1n) is 7.80. The van der Waals surface area contributed by atoms with Gasteiger partial charge in [-0.2, -0.15) is 0 Å². The third kappa shape index (κ3) is 3.12. The van der Waals surface area contributed by atoms with Crippen molar-refractivity contribution in [3.05, 3.63) is 95.1 Å². The van der Waals surface area contributed by atoms with E-state index in [-0.39, 0.29) is 5.41 Å². The zero-order chi connectivity index (χ0) is 15.6. The van der Waals surface area contributed by atoms with Crippen molar-refractivity contribution in [2.45, 2.75) is 20.8 Å². The van der Waals surface area contributed by atoms with E-state index in [9.17, 15) is 0 Å². The summed E-state index contributed by atoms with van der Waals surface area (Å²) in [7, 11) is 0. The number of allylic oxidation sites excluding steroid dienone is 5. The molecule has 0 spiro atoms. The molecule has 0 nitrogen and oxygen atoms in total. The predicted octanol–water partition coefficient (Wildman–Crippen LogP) is 6.14. The lowest BCUT2D eigenvalue weighted by atomic mass is 9.83. The molecule has 0 bridgehead atoms. The summed E-state index contributed by atoms with van der Waals surface area (Å²) in [6, 6.07) is 21.1. The molecule has 0 radical (unpaired) electrons. The quantitative estimate of drug-likeness (QED) is 0.622. The first kappa shape index (κ1) is 14.6. The zero-order valence-corrected chi connectivity index (χ0v) is 13.5. The molecule has 0 heterocycles. The molecule has 1 aliphatic carbocycles. The maximum Gasteiger partial charge on any atom is -0.0126 e. The van der Waals surface area contributed by atoms with Gasteiger partial charge in [-0.1, -0.05) is 87.5 Å². The van der Waals surface area contributed by atoms with Crippen LogP contribution in [0.15, 0.2) is 84.0 Å². The molecule has 110 valence electrons. The first-order chi connectivity index (χ1) is 10.5. The van der Waals surface area contributed by atoms with Crippen LogP contribution in [0, 0.1) is 5.41 Å². The molecule has 3 rings (SSSR count). The summed E-state index contributed by atoms with van der Waals surface area (Å²) >= 11 is 0. The van der Waals surface area contributed by atoms with Gasteiger partial charge in [0.05, 0.1) is 0 Å². The van der Waals surface area contributed by atoms with Crippen LogP contribution in [0.5, 0.6) is 0 Å². The Morgan fingerprint density at radius 1 is 0.727 bits per heavy atom. The van der Waals surface area contributed by atoms with Crippen LogP contribution in [-0.2, 0) is 0 Å². The molecule has 0 amide bonds. The van der Waals surface area contributed by atoms with Crippen molar-refractivity contribution in [3.63, 3.8) is 0 Å². The molecule has 0 saturated heterocycles. The lowest BCUT2D eigenvalue weighted by Gasteiger charge is -2.22. The van der Waals surface area contributed by atoms with Gasteiger partial charge < -0.3 is 0 Å². The Hall–Kier alpha value is -2.34. The van der Waals surface area contributed by atoms with Crippen molar-refractivity contribution in [2.75, 3.05) is 0 Å². The predicted molar refractivity (Wildman–Crippen MR) is 96.4 cm³/mol. The van der Waals surface area contributed by atoms with E-state index in [1.165, 1.54) is 27.8 Å². The molecule has 0 atom stereocenters. The van der Waals surface area contributed by atoms with Crippen molar-refractivity contribution >= 4 is 11.6 Å². The largest absolute Gasteiger partial charge is 0.0622 e. The van der Waals surface area contributed by atoms with E-state index in [0.717, 1.165) is 0 Å². The summed E-state index contributed by atoms with van der Waals surface area (Å²) in [5.41, 5.74) is 6.67. The number of rotatable bonds is 2. The van der Waals surface area contributed by atoms with Gasteiger partial charge in [-0.15, -0.1) is 0 Å². The van der Waals surface area contributed by atoms with E-state index in [1.807, 2.05) is 0 Å². The van der Waals surface area contributed by atoms with Gasteiger partial charge in [0.15, 0.2) is 0 Å². The Bertz CT molecular complexity index is 736. The lowest BCUT2D eigenvalue weighted by molar-refractivity contribution is 0.515. The standard InChI is InChI=1S/C22H22/c1-22(2,3)21-16-19(18-12-8-5-9-13-18)15-20(21)14-17-10-6-4-7-11-17/h4-16H,1-3H3. The number of hydrogen-bond acceptors (Lipinski definition) is 0. The Morgan fingerprint density at radius 2 is 1.32 bits per heavy atom. The highest BCUT2D eigenvalue weighted by Gasteiger charge is 2.24. The van der Waals surface area contributed by atoms with Crippen LogP contribution >= 0.6 is 0 Å². The molecular weight excluding hydrogens is 264 g/mol. The van der Waals surface area contributed by atoms with Crippen molar-refractivity contribution in [1.82, 2.24) is 0 Å². The Morgan fingerprint density at radius 3 is 1.91 bits per heavy atom. The SMILES string of the molecule is CC(C)(C)C1=CC(c2ccccc2)=CC1=Cc1ccccc1. The van der Waals surface area contributed by atoms with Gasteiger partial charge in [0.1, 0.15) is 0 Å². The Kier molecular flexibility index (Phi) is 3.85. The van der Waals surface area contributed by atoms with Crippen LogP contribution in [0.3, 0.4) is 0 Å². The van der Waals surface area contributed by atoms with Gasteiger partial charge in [-0.25, -0.2) is 0 Å². The third-order valence-corrected chi connectivity index (χ3v) is 3.96. The molecule has 0 aliphatic heterocycles. The van der Waals surface area contributed by atoms with E-state index >= 15 is 0 Å². The molecule has 0 fully saturated rings. The highest BCUT2D eigenvalue weighted by molar-refractivity contribution is 5.86. The van der Waals surface area contributed by atoms with Gasteiger partial charge in [0.2, 0.25) is 0 Å². The minimum Gasteiger partial charge on any atom is -0.0622 e. The van der Waals surface area contributed by atoms with Crippen LogP contribution in [0.25, 0.3) is 11.6 Å². The van der Waals surface area contributed by atoms with Crippen molar-refractivity contribution in [1.29, 1.82) is 0 Å². The average molecular weight is 286 g/mol. The molecule has 2 aromatic carbocycles. The normalized spacial score (nSPS) is 16.6. The zero-order valence-electron chi connectivity index (χ0n) is 13.5. The van der Waals surface area contributed by atoms with Gasteiger partial charge >= 0.3 is 0 Å². The van der Waals surface area contributed by atoms with Crippen LogP contribution in [0.4, 0.5) is 0 Å². The van der Waals surface area contributed by atoms with E-state index < -0.39 is 0 Å². The van der Waals surface area contributed by atoms with Gasteiger partial charge in [-0.05, 0) is 45.4 Å². The van der Waals surface area contributed by atoms with E-state index in [0.29, 0.717) is 0 Å². The average Bonchev–Trinajstić information content (AvgIpc) is 2.93. The maximum atomic E-state index is 2.34. The van der Waals surface area contributed by atoms with Gasteiger partial charge in [0, 0.05) is 0 Å². The summed E-state index contributed by atoms with van der Waals surface area (Å²) in [4.78, 5) is 0. The second-order valence-corrected chi connectivity index (χ2v) is 6.78.